The first-order chi connectivity index (χ1) is 16.0. The molecule has 0 radical (unpaired) electrons. The van der Waals surface area contributed by atoms with Crippen molar-refractivity contribution in [3.63, 3.8) is 0 Å². The number of nitrogens with zero attached hydrogens (tertiary/aromatic N) is 2. The van der Waals surface area contributed by atoms with Crippen LogP contribution in [0, 0.1) is 0 Å². The van der Waals surface area contributed by atoms with E-state index >= 15 is 0 Å². The highest BCUT2D eigenvalue weighted by Crippen LogP contribution is 2.44. The predicted molar refractivity (Wildman–Crippen MR) is 128 cm³/mol. The van der Waals surface area contributed by atoms with Gasteiger partial charge in [-0.05, 0) is 81.2 Å². The van der Waals surface area contributed by atoms with E-state index in [4.69, 9.17) is 9.57 Å². The fourth-order valence-corrected chi connectivity index (χ4v) is 3.91. The van der Waals surface area contributed by atoms with E-state index in [9.17, 15) is 14.7 Å². The SMILES string of the molecule is CCN(CC)C(=O)CO/N=C1/C=C/CC/C=C/CCOC(=O)c2c(cc(O)cc2C2CC2)C1. The second kappa shape index (κ2) is 12.2. The molecule has 7 nitrogen and oxygen atoms in total. The lowest BCUT2D eigenvalue weighted by molar-refractivity contribution is -0.135. The number of carbonyl (C=O) groups excluding carboxylic acids is 2. The van der Waals surface area contributed by atoms with Crippen LogP contribution < -0.4 is 0 Å². The quantitative estimate of drug-likeness (QED) is 0.388. The van der Waals surface area contributed by atoms with Gasteiger partial charge in [0, 0.05) is 19.5 Å². The molecule has 1 fully saturated rings. The molecule has 0 unspecified atom stereocenters. The number of rotatable bonds is 6. The molecule has 0 atom stereocenters. The fraction of sp³-hybridized carbons (Fsp3) is 0.500. The third-order valence-corrected chi connectivity index (χ3v) is 5.81. The van der Waals surface area contributed by atoms with Crippen LogP contribution in [0.5, 0.6) is 5.75 Å². The molecule has 0 bridgehead atoms. The number of fused-ring (bicyclic) bond motifs is 1. The van der Waals surface area contributed by atoms with Gasteiger partial charge in [-0.3, -0.25) is 4.79 Å². The number of likely N-dealkylation sites (N-methyl/N-ethyl adjacent to an activating group) is 1. The van der Waals surface area contributed by atoms with Crippen molar-refractivity contribution in [1.82, 2.24) is 4.90 Å². The number of esters is 1. The van der Waals surface area contributed by atoms with Gasteiger partial charge < -0.3 is 19.6 Å². The van der Waals surface area contributed by atoms with Crippen molar-refractivity contribution in [3.05, 3.63) is 53.1 Å². The van der Waals surface area contributed by atoms with Gasteiger partial charge in [-0.2, -0.15) is 0 Å². The number of aromatic hydroxyl groups is 1. The number of ether oxygens (including phenoxy) is 1. The molecule has 1 aromatic rings. The Kier molecular flexibility index (Phi) is 9.10. The lowest BCUT2D eigenvalue weighted by atomic mass is 9.93. The van der Waals surface area contributed by atoms with Crippen LogP contribution in [0.15, 0.2) is 41.6 Å². The zero-order valence-corrected chi connectivity index (χ0v) is 19.6. The van der Waals surface area contributed by atoms with Crippen molar-refractivity contribution in [3.8, 4) is 5.75 Å². The molecular formula is C26H34N2O5. The molecule has 33 heavy (non-hydrogen) atoms. The minimum Gasteiger partial charge on any atom is -0.508 e. The highest BCUT2D eigenvalue weighted by molar-refractivity contribution is 6.00. The summed E-state index contributed by atoms with van der Waals surface area (Å²) < 4.78 is 5.56. The van der Waals surface area contributed by atoms with Gasteiger partial charge in [0.25, 0.3) is 5.91 Å². The molecule has 1 saturated carbocycles. The third-order valence-electron chi connectivity index (χ3n) is 5.81. The molecule has 1 N–H and O–H groups in total. The van der Waals surface area contributed by atoms with Gasteiger partial charge in [0.05, 0.1) is 17.9 Å². The lowest BCUT2D eigenvalue weighted by Crippen LogP contribution is -2.33. The molecule has 7 heteroatoms. The maximum atomic E-state index is 13.0. The van der Waals surface area contributed by atoms with Crippen molar-refractivity contribution in [2.45, 2.75) is 58.3 Å². The van der Waals surface area contributed by atoms with Crippen molar-refractivity contribution in [2.75, 3.05) is 26.3 Å². The zero-order valence-electron chi connectivity index (χ0n) is 19.6. The van der Waals surface area contributed by atoms with E-state index in [-0.39, 0.29) is 36.6 Å². The monoisotopic (exact) mass is 454 g/mol. The van der Waals surface area contributed by atoms with Gasteiger partial charge in [-0.25, -0.2) is 4.79 Å². The molecule has 1 aliphatic heterocycles. The Morgan fingerprint density at radius 3 is 2.61 bits per heavy atom. The number of benzene rings is 1. The summed E-state index contributed by atoms with van der Waals surface area (Å²) in [6, 6.07) is 3.27. The predicted octanol–water partition coefficient (Wildman–Crippen LogP) is 4.51. The lowest BCUT2D eigenvalue weighted by Gasteiger charge is -2.17. The molecule has 0 saturated heterocycles. The van der Waals surface area contributed by atoms with Crippen LogP contribution >= 0.6 is 0 Å². The Labute approximate surface area is 195 Å². The first kappa shape index (κ1) is 24.6. The highest BCUT2D eigenvalue weighted by atomic mass is 16.6. The number of carbonyl (C=O) groups is 2. The third kappa shape index (κ3) is 7.20. The van der Waals surface area contributed by atoms with Gasteiger partial charge in [-0.15, -0.1) is 0 Å². The summed E-state index contributed by atoms with van der Waals surface area (Å²) in [5.74, 6) is -0.125. The van der Waals surface area contributed by atoms with Gasteiger partial charge in [-0.1, -0.05) is 23.4 Å². The molecule has 178 valence electrons. The van der Waals surface area contributed by atoms with Crippen LogP contribution in [-0.4, -0.2) is 53.9 Å². The van der Waals surface area contributed by atoms with Crippen LogP contribution in [0.1, 0.15) is 73.4 Å². The van der Waals surface area contributed by atoms with E-state index in [0.717, 1.165) is 31.2 Å². The number of cyclic esters (lactones) is 1. The Morgan fingerprint density at radius 1 is 1.15 bits per heavy atom. The highest BCUT2D eigenvalue weighted by Gasteiger charge is 2.31. The summed E-state index contributed by atoms with van der Waals surface area (Å²) in [6.45, 7) is 5.23. The van der Waals surface area contributed by atoms with E-state index in [2.05, 4.69) is 11.2 Å². The minimum absolute atomic E-state index is 0.119. The second-order valence-electron chi connectivity index (χ2n) is 8.32. The van der Waals surface area contributed by atoms with Crippen LogP contribution in [0.4, 0.5) is 0 Å². The fourth-order valence-electron chi connectivity index (χ4n) is 3.91. The number of hydrogen-bond acceptors (Lipinski definition) is 6. The molecule has 2 aliphatic rings. The number of phenolic OH excluding ortho intramolecular Hbond substituents is 1. The first-order valence-corrected chi connectivity index (χ1v) is 11.8. The number of phenols is 1. The summed E-state index contributed by atoms with van der Waals surface area (Å²) >= 11 is 0. The smallest absolute Gasteiger partial charge is 0.338 e. The second-order valence-corrected chi connectivity index (χ2v) is 8.32. The van der Waals surface area contributed by atoms with Gasteiger partial charge in [0.2, 0.25) is 0 Å². The summed E-state index contributed by atoms with van der Waals surface area (Å²) in [7, 11) is 0. The van der Waals surface area contributed by atoms with E-state index < -0.39 is 0 Å². The average Bonchev–Trinajstić information content (AvgIpc) is 3.63. The average molecular weight is 455 g/mol. The van der Waals surface area contributed by atoms with Crippen molar-refractivity contribution < 1.29 is 24.3 Å². The molecule has 0 spiro atoms. The van der Waals surface area contributed by atoms with E-state index in [0.29, 0.717) is 43.0 Å². The van der Waals surface area contributed by atoms with Crippen LogP contribution in [-0.2, 0) is 20.8 Å². The molecule has 1 amide bonds. The standard InChI is InChI=1S/C26H34N2O5/c1-3-28(4-2)24(30)18-33-27-21-11-9-7-5-6-8-10-14-32-26(31)25-20(15-21)16-22(29)17-23(25)19-12-13-19/h6,8-9,11,16-17,19,29H,3-5,7,10,12-15,18H2,1-2H3/b8-6+,11-9+,27-21-. The normalized spacial score (nSPS) is 20.3. The molecule has 0 aromatic heterocycles. The minimum atomic E-state index is -0.377. The zero-order chi connectivity index (χ0) is 23.6. The number of oxime groups is 1. The molecule has 1 heterocycles. The number of hydrogen-bond donors (Lipinski definition) is 1. The van der Waals surface area contributed by atoms with Crippen molar-refractivity contribution >= 4 is 17.6 Å². The van der Waals surface area contributed by atoms with E-state index in [1.54, 1.807) is 17.0 Å². The maximum absolute atomic E-state index is 13.0. The largest absolute Gasteiger partial charge is 0.508 e. The van der Waals surface area contributed by atoms with Gasteiger partial charge in [0.15, 0.2) is 6.61 Å². The molecule has 3 rings (SSSR count). The number of allylic oxidation sites excluding steroid dienone is 3. The summed E-state index contributed by atoms with van der Waals surface area (Å²) in [5.41, 5.74) is 2.57. The van der Waals surface area contributed by atoms with Crippen LogP contribution in [0.2, 0.25) is 0 Å². The first-order valence-electron chi connectivity index (χ1n) is 11.8. The Morgan fingerprint density at radius 2 is 1.88 bits per heavy atom. The van der Waals surface area contributed by atoms with Crippen LogP contribution in [0.25, 0.3) is 0 Å². The molecular weight excluding hydrogens is 420 g/mol. The summed E-state index contributed by atoms with van der Waals surface area (Å²) in [5, 5.41) is 14.6. The maximum Gasteiger partial charge on any atom is 0.338 e. The van der Waals surface area contributed by atoms with E-state index in [1.165, 1.54) is 0 Å². The van der Waals surface area contributed by atoms with Gasteiger partial charge >= 0.3 is 5.97 Å². The Bertz CT molecular complexity index is 927. The van der Waals surface area contributed by atoms with E-state index in [1.807, 2.05) is 32.1 Å². The Hall–Kier alpha value is -3.09. The summed E-state index contributed by atoms with van der Waals surface area (Å²) in [4.78, 5) is 32.4. The molecule has 1 aromatic carbocycles. The Balaban J connectivity index is 1.90. The van der Waals surface area contributed by atoms with Crippen molar-refractivity contribution in [1.29, 1.82) is 0 Å². The van der Waals surface area contributed by atoms with Gasteiger partial charge in [0.1, 0.15) is 5.75 Å². The molecule has 1 aliphatic carbocycles. The van der Waals surface area contributed by atoms with Crippen LogP contribution in [0.3, 0.4) is 0 Å². The van der Waals surface area contributed by atoms with Crippen molar-refractivity contribution in [2.24, 2.45) is 5.16 Å². The summed E-state index contributed by atoms with van der Waals surface area (Å²) in [6.07, 6.45) is 12.6. The number of amides is 1. The topological polar surface area (TPSA) is 88.4 Å².